The quantitative estimate of drug-likeness (QED) is 0.761. The van der Waals surface area contributed by atoms with E-state index in [1.165, 1.54) is 11.3 Å². The van der Waals surface area contributed by atoms with Crippen molar-refractivity contribution in [3.8, 4) is 5.75 Å². The zero-order chi connectivity index (χ0) is 18.1. The van der Waals surface area contributed by atoms with Crippen molar-refractivity contribution in [3.63, 3.8) is 0 Å². The number of pyridine rings is 1. The third-order valence-corrected chi connectivity index (χ3v) is 5.49. The van der Waals surface area contributed by atoms with Gasteiger partial charge in [-0.2, -0.15) is 0 Å². The van der Waals surface area contributed by atoms with Gasteiger partial charge < -0.3 is 19.2 Å². The highest BCUT2D eigenvalue weighted by molar-refractivity contribution is 7.14. The molecule has 0 aliphatic carbocycles. The molecule has 0 saturated carbocycles. The van der Waals surface area contributed by atoms with Gasteiger partial charge in [0.15, 0.2) is 0 Å². The molecule has 1 aliphatic rings. The SMILES string of the molecule is COc1cc2nc(C3CCOCC3)cn2cc1C(=O)Nc1scnc1C. The van der Waals surface area contributed by atoms with Gasteiger partial charge in [0.1, 0.15) is 16.4 Å². The molecule has 0 atom stereocenters. The maximum atomic E-state index is 12.7. The highest BCUT2D eigenvalue weighted by Crippen LogP contribution is 2.29. The van der Waals surface area contributed by atoms with Crippen molar-refractivity contribution in [3.05, 3.63) is 40.9 Å². The van der Waals surface area contributed by atoms with Gasteiger partial charge in [-0.1, -0.05) is 0 Å². The second kappa shape index (κ2) is 7.05. The Hall–Kier alpha value is -2.45. The molecule has 1 N–H and O–H groups in total. The summed E-state index contributed by atoms with van der Waals surface area (Å²) in [6, 6.07) is 1.80. The Bertz CT molecular complexity index is 943. The normalized spacial score (nSPS) is 15.3. The number of ether oxygens (including phenoxy) is 2. The minimum atomic E-state index is -0.225. The predicted octanol–water partition coefficient (Wildman–Crippen LogP) is 3.25. The van der Waals surface area contributed by atoms with Crippen molar-refractivity contribution in [2.24, 2.45) is 0 Å². The van der Waals surface area contributed by atoms with Crippen molar-refractivity contribution in [2.75, 3.05) is 25.6 Å². The van der Waals surface area contributed by atoms with Crippen LogP contribution >= 0.6 is 11.3 Å². The van der Waals surface area contributed by atoms with Gasteiger partial charge in [-0.3, -0.25) is 4.79 Å². The smallest absolute Gasteiger partial charge is 0.261 e. The minimum Gasteiger partial charge on any atom is -0.496 e. The number of aryl methyl sites for hydroxylation is 1. The lowest BCUT2D eigenvalue weighted by molar-refractivity contribution is 0.0846. The molecule has 1 amide bonds. The second-order valence-corrected chi connectivity index (χ2v) is 7.15. The van der Waals surface area contributed by atoms with E-state index in [0.29, 0.717) is 17.2 Å². The molecular formula is C18H20N4O3S. The first kappa shape index (κ1) is 17.0. The Kier molecular flexibility index (Phi) is 4.60. The Labute approximate surface area is 155 Å². The van der Waals surface area contributed by atoms with E-state index in [0.717, 1.165) is 48.1 Å². The van der Waals surface area contributed by atoms with Gasteiger partial charge in [-0.15, -0.1) is 11.3 Å². The summed E-state index contributed by atoms with van der Waals surface area (Å²) in [5.74, 6) is 0.672. The average Bonchev–Trinajstić information content (AvgIpc) is 3.27. The number of thiazole rings is 1. The van der Waals surface area contributed by atoms with Crippen LogP contribution in [0.2, 0.25) is 0 Å². The molecule has 26 heavy (non-hydrogen) atoms. The van der Waals surface area contributed by atoms with Gasteiger partial charge in [0.25, 0.3) is 5.91 Å². The van der Waals surface area contributed by atoms with Crippen LogP contribution in [0.25, 0.3) is 5.65 Å². The molecule has 8 heteroatoms. The minimum absolute atomic E-state index is 0.225. The highest BCUT2D eigenvalue weighted by Gasteiger charge is 2.21. The molecule has 0 unspecified atom stereocenters. The number of rotatable bonds is 4. The van der Waals surface area contributed by atoms with E-state index in [1.807, 2.05) is 17.5 Å². The summed E-state index contributed by atoms with van der Waals surface area (Å²) >= 11 is 1.40. The number of anilines is 1. The molecule has 0 spiro atoms. The maximum Gasteiger partial charge on any atom is 0.261 e. The van der Waals surface area contributed by atoms with Gasteiger partial charge in [0, 0.05) is 37.6 Å². The highest BCUT2D eigenvalue weighted by atomic mass is 32.1. The fourth-order valence-corrected chi connectivity index (χ4v) is 3.85. The summed E-state index contributed by atoms with van der Waals surface area (Å²) in [5, 5.41) is 3.64. The summed E-state index contributed by atoms with van der Waals surface area (Å²) in [7, 11) is 1.56. The molecule has 7 nitrogen and oxygen atoms in total. The van der Waals surface area contributed by atoms with Crippen LogP contribution in [-0.4, -0.2) is 40.6 Å². The molecule has 3 aromatic rings. The first-order valence-electron chi connectivity index (χ1n) is 8.51. The zero-order valence-electron chi connectivity index (χ0n) is 14.7. The predicted molar refractivity (Wildman–Crippen MR) is 99.3 cm³/mol. The molecule has 4 heterocycles. The third-order valence-electron chi connectivity index (χ3n) is 4.65. The number of aromatic nitrogens is 3. The molecule has 3 aromatic heterocycles. The van der Waals surface area contributed by atoms with Crippen molar-refractivity contribution in [2.45, 2.75) is 25.7 Å². The lowest BCUT2D eigenvalue weighted by atomic mass is 9.97. The van der Waals surface area contributed by atoms with Crippen LogP contribution in [0.15, 0.2) is 24.0 Å². The standard InChI is InChI=1S/C18H20N4O3S/c1-11-18(26-10-19-11)21-17(23)13-8-22-9-14(12-3-5-25-6-4-12)20-16(22)7-15(13)24-2/h7-10,12H,3-6H2,1-2H3,(H,21,23). The van der Waals surface area contributed by atoms with Crippen LogP contribution in [0.3, 0.4) is 0 Å². The molecular weight excluding hydrogens is 352 g/mol. The first-order valence-corrected chi connectivity index (χ1v) is 9.39. The number of imidazole rings is 1. The van der Waals surface area contributed by atoms with E-state index in [-0.39, 0.29) is 5.91 Å². The van der Waals surface area contributed by atoms with E-state index < -0.39 is 0 Å². The van der Waals surface area contributed by atoms with Crippen LogP contribution < -0.4 is 10.1 Å². The first-order chi connectivity index (χ1) is 12.7. The van der Waals surface area contributed by atoms with Crippen molar-refractivity contribution < 1.29 is 14.3 Å². The van der Waals surface area contributed by atoms with Crippen molar-refractivity contribution >= 4 is 27.9 Å². The molecule has 1 fully saturated rings. The monoisotopic (exact) mass is 372 g/mol. The number of hydrogen-bond donors (Lipinski definition) is 1. The number of hydrogen-bond acceptors (Lipinski definition) is 6. The van der Waals surface area contributed by atoms with Gasteiger partial charge in [-0.25, -0.2) is 9.97 Å². The molecule has 0 aromatic carbocycles. The number of fused-ring (bicyclic) bond motifs is 1. The molecule has 0 radical (unpaired) electrons. The zero-order valence-corrected chi connectivity index (χ0v) is 15.5. The van der Waals surface area contributed by atoms with Gasteiger partial charge in [0.05, 0.1) is 29.6 Å². The summed E-state index contributed by atoms with van der Waals surface area (Å²) < 4.78 is 12.8. The van der Waals surface area contributed by atoms with Crippen LogP contribution in [0.1, 0.15) is 40.5 Å². The summed E-state index contributed by atoms with van der Waals surface area (Å²) in [5.41, 5.74) is 4.78. The third kappa shape index (κ3) is 3.17. The molecule has 1 aliphatic heterocycles. The average molecular weight is 372 g/mol. The number of nitrogens with zero attached hydrogens (tertiary/aromatic N) is 3. The van der Waals surface area contributed by atoms with Crippen molar-refractivity contribution in [1.29, 1.82) is 0 Å². The summed E-state index contributed by atoms with van der Waals surface area (Å²) in [6.45, 7) is 3.40. The lowest BCUT2D eigenvalue weighted by Crippen LogP contribution is -2.14. The Morgan fingerprint density at radius 2 is 2.19 bits per heavy atom. The fraction of sp³-hybridized carbons (Fsp3) is 0.389. The Balaban J connectivity index is 1.67. The Morgan fingerprint density at radius 3 is 2.88 bits per heavy atom. The van der Waals surface area contributed by atoms with E-state index in [2.05, 4.69) is 10.3 Å². The van der Waals surface area contributed by atoms with E-state index in [4.69, 9.17) is 14.5 Å². The van der Waals surface area contributed by atoms with E-state index in [9.17, 15) is 4.79 Å². The molecule has 0 bridgehead atoms. The number of carbonyl (C=O) groups is 1. The fourth-order valence-electron chi connectivity index (χ4n) is 3.16. The van der Waals surface area contributed by atoms with Gasteiger partial charge in [0.2, 0.25) is 0 Å². The number of carbonyl (C=O) groups excluding carboxylic acids is 1. The maximum absolute atomic E-state index is 12.7. The van der Waals surface area contributed by atoms with Crippen LogP contribution in [-0.2, 0) is 4.74 Å². The topological polar surface area (TPSA) is 77.8 Å². The molecule has 136 valence electrons. The summed E-state index contributed by atoms with van der Waals surface area (Å²) in [6.07, 6.45) is 5.72. The molecule has 4 rings (SSSR count). The molecule has 1 saturated heterocycles. The number of nitrogens with one attached hydrogen (secondary N) is 1. The van der Waals surface area contributed by atoms with Gasteiger partial charge >= 0.3 is 0 Å². The largest absolute Gasteiger partial charge is 0.496 e. The second-order valence-electron chi connectivity index (χ2n) is 6.29. The van der Waals surface area contributed by atoms with Crippen LogP contribution in [0, 0.1) is 6.92 Å². The number of methoxy groups -OCH3 is 1. The van der Waals surface area contributed by atoms with Crippen LogP contribution in [0.4, 0.5) is 5.00 Å². The van der Waals surface area contributed by atoms with Crippen LogP contribution in [0.5, 0.6) is 5.75 Å². The lowest BCUT2D eigenvalue weighted by Gasteiger charge is -2.19. The van der Waals surface area contributed by atoms with Gasteiger partial charge in [-0.05, 0) is 19.8 Å². The Morgan fingerprint density at radius 1 is 1.38 bits per heavy atom. The van der Waals surface area contributed by atoms with E-state index >= 15 is 0 Å². The number of amides is 1. The van der Waals surface area contributed by atoms with E-state index in [1.54, 1.807) is 24.9 Å². The van der Waals surface area contributed by atoms with Crippen molar-refractivity contribution in [1.82, 2.24) is 14.4 Å². The summed E-state index contributed by atoms with van der Waals surface area (Å²) in [4.78, 5) is 21.6.